The van der Waals surface area contributed by atoms with Crippen LogP contribution in [-0.2, 0) is 29.1 Å². The quantitative estimate of drug-likeness (QED) is 0.773. The zero-order valence-electron chi connectivity index (χ0n) is 17.6. The van der Waals surface area contributed by atoms with Crippen molar-refractivity contribution in [2.45, 2.75) is 57.5 Å². The van der Waals surface area contributed by atoms with Gasteiger partial charge in [0.2, 0.25) is 11.8 Å². The molecule has 4 heterocycles. The fourth-order valence-corrected chi connectivity index (χ4v) is 4.76. The summed E-state index contributed by atoms with van der Waals surface area (Å²) in [7, 11) is 0. The maximum absolute atomic E-state index is 12.7. The number of fused-ring (bicyclic) bond motifs is 1. The minimum Gasteiger partial charge on any atom is -0.342 e. The lowest BCUT2D eigenvalue weighted by Gasteiger charge is -2.34. The number of hydrogen-bond donors (Lipinski definition) is 1. The molecule has 3 aliphatic rings. The second-order valence-corrected chi connectivity index (χ2v) is 8.86. The number of aryl methyl sites for hydroxylation is 1. The first-order valence-corrected chi connectivity index (χ1v) is 11.2. The molecule has 9 heteroatoms. The van der Waals surface area contributed by atoms with Crippen LogP contribution in [0.5, 0.6) is 0 Å². The Morgan fingerprint density at radius 2 is 2.03 bits per heavy atom. The molecule has 0 spiro atoms. The predicted octanol–water partition coefficient (Wildman–Crippen LogP) is 1.06. The van der Waals surface area contributed by atoms with E-state index in [1.54, 1.807) is 10.9 Å². The summed E-state index contributed by atoms with van der Waals surface area (Å²) in [4.78, 5) is 49.3. The first-order valence-electron chi connectivity index (χ1n) is 11.2. The van der Waals surface area contributed by atoms with Gasteiger partial charge in [0.1, 0.15) is 5.82 Å². The molecular weight excluding hydrogens is 396 g/mol. The molecule has 0 unspecified atom stereocenters. The van der Waals surface area contributed by atoms with E-state index in [1.807, 2.05) is 22.1 Å². The SMILES string of the molecule is O=C(CCn1cccn1)N1CC[C@H](c2nc3c(c(=O)[nH]2)CCN(C(=O)C2CCC2)C3)C1. The van der Waals surface area contributed by atoms with Gasteiger partial charge < -0.3 is 14.8 Å². The number of rotatable bonds is 5. The van der Waals surface area contributed by atoms with Crippen LogP contribution < -0.4 is 5.56 Å². The summed E-state index contributed by atoms with van der Waals surface area (Å²) < 4.78 is 1.75. The minimum atomic E-state index is -0.0980. The second kappa shape index (κ2) is 8.28. The van der Waals surface area contributed by atoms with E-state index in [0.717, 1.165) is 31.4 Å². The smallest absolute Gasteiger partial charge is 0.254 e. The molecule has 5 rings (SSSR count). The number of nitrogens with one attached hydrogen (secondary N) is 1. The maximum Gasteiger partial charge on any atom is 0.254 e. The van der Waals surface area contributed by atoms with Gasteiger partial charge in [-0.1, -0.05) is 6.42 Å². The van der Waals surface area contributed by atoms with Gasteiger partial charge in [0.15, 0.2) is 0 Å². The molecule has 0 bridgehead atoms. The third-order valence-electron chi connectivity index (χ3n) is 6.90. The Labute approximate surface area is 180 Å². The van der Waals surface area contributed by atoms with Crippen LogP contribution in [0.25, 0.3) is 0 Å². The molecule has 2 aromatic heterocycles. The van der Waals surface area contributed by atoms with Gasteiger partial charge in [-0.15, -0.1) is 0 Å². The van der Waals surface area contributed by atoms with Gasteiger partial charge >= 0.3 is 0 Å². The summed E-state index contributed by atoms with van der Waals surface area (Å²) in [6.45, 7) is 2.79. The standard InChI is InChI=1S/C22H28N6O3/c29-19(7-12-28-9-2-8-23-28)26-10-5-16(13-26)20-24-18-14-27(22(31)15-3-1-4-15)11-6-17(18)21(30)25-20/h2,8-9,15-16H,1,3-7,10-14H2,(H,24,25,30)/t16-/m0/s1. The van der Waals surface area contributed by atoms with Crippen LogP contribution in [0, 0.1) is 5.92 Å². The Bertz CT molecular complexity index is 1030. The minimum absolute atomic E-state index is 0.0179. The number of nitrogens with zero attached hydrogens (tertiary/aromatic N) is 5. The largest absolute Gasteiger partial charge is 0.342 e. The summed E-state index contributed by atoms with van der Waals surface area (Å²) in [5.41, 5.74) is 1.33. The number of carbonyl (C=O) groups is 2. The van der Waals surface area contributed by atoms with Gasteiger partial charge in [-0.3, -0.25) is 19.1 Å². The molecule has 2 aliphatic heterocycles. The van der Waals surface area contributed by atoms with E-state index < -0.39 is 0 Å². The van der Waals surface area contributed by atoms with Crippen molar-refractivity contribution < 1.29 is 9.59 Å². The van der Waals surface area contributed by atoms with Crippen molar-refractivity contribution in [3.8, 4) is 0 Å². The molecule has 1 saturated carbocycles. The van der Waals surface area contributed by atoms with Gasteiger partial charge in [0.25, 0.3) is 5.56 Å². The number of aromatic amines is 1. The van der Waals surface area contributed by atoms with Crippen molar-refractivity contribution in [1.29, 1.82) is 0 Å². The van der Waals surface area contributed by atoms with Crippen molar-refractivity contribution >= 4 is 11.8 Å². The van der Waals surface area contributed by atoms with E-state index in [-0.39, 0.29) is 29.2 Å². The van der Waals surface area contributed by atoms with Crippen LogP contribution in [0.1, 0.15) is 55.1 Å². The fraction of sp³-hybridized carbons (Fsp3) is 0.591. The Kier molecular flexibility index (Phi) is 5.33. The van der Waals surface area contributed by atoms with Gasteiger partial charge in [0.05, 0.1) is 12.2 Å². The number of likely N-dealkylation sites (tertiary alicyclic amines) is 1. The summed E-state index contributed by atoms with van der Waals surface area (Å²) >= 11 is 0. The fourth-order valence-electron chi connectivity index (χ4n) is 4.76. The molecule has 164 valence electrons. The van der Waals surface area contributed by atoms with E-state index in [9.17, 15) is 14.4 Å². The first kappa shape index (κ1) is 20.0. The highest BCUT2D eigenvalue weighted by molar-refractivity contribution is 5.79. The first-order chi connectivity index (χ1) is 15.1. The predicted molar refractivity (Wildman–Crippen MR) is 112 cm³/mol. The summed E-state index contributed by atoms with van der Waals surface area (Å²) in [5.74, 6) is 1.11. The van der Waals surface area contributed by atoms with E-state index in [4.69, 9.17) is 4.98 Å². The lowest BCUT2D eigenvalue weighted by atomic mass is 9.84. The zero-order valence-corrected chi connectivity index (χ0v) is 17.6. The topological polar surface area (TPSA) is 104 Å². The van der Waals surface area contributed by atoms with Crippen molar-refractivity contribution in [2.24, 2.45) is 5.92 Å². The van der Waals surface area contributed by atoms with Crippen LogP contribution in [0.2, 0.25) is 0 Å². The van der Waals surface area contributed by atoms with E-state index in [2.05, 4.69) is 10.1 Å². The molecule has 0 aromatic carbocycles. The van der Waals surface area contributed by atoms with Crippen LogP contribution in [-0.4, -0.2) is 61.0 Å². The third kappa shape index (κ3) is 4.00. The summed E-state index contributed by atoms with van der Waals surface area (Å²) in [6.07, 6.45) is 8.36. The Hall–Kier alpha value is -2.97. The number of carbonyl (C=O) groups excluding carboxylic acids is 2. The molecule has 2 amide bonds. The Balaban J connectivity index is 1.25. The van der Waals surface area contributed by atoms with Crippen LogP contribution >= 0.6 is 0 Å². The normalized spacial score (nSPS) is 21.1. The molecule has 1 saturated heterocycles. The highest BCUT2D eigenvalue weighted by atomic mass is 16.2. The molecule has 1 atom stereocenters. The third-order valence-corrected chi connectivity index (χ3v) is 6.90. The van der Waals surface area contributed by atoms with Crippen LogP contribution in [0.3, 0.4) is 0 Å². The van der Waals surface area contributed by atoms with Crippen molar-refractivity contribution in [3.05, 3.63) is 45.9 Å². The monoisotopic (exact) mass is 424 g/mol. The molecule has 1 aliphatic carbocycles. The highest BCUT2D eigenvalue weighted by Crippen LogP contribution is 2.30. The maximum atomic E-state index is 12.7. The van der Waals surface area contributed by atoms with E-state index in [0.29, 0.717) is 57.0 Å². The number of H-pyrrole nitrogens is 1. The van der Waals surface area contributed by atoms with Crippen molar-refractivity contribution in [2.75, 3.05) is 19.6 Å². The number of hydrogen-bond acceptors (Lipinski definition) is 5. The van der Waals surface area contributed by atoms with E-state index in [1.165, 1.54) is 0 Å². The van der Waals surface area contributed by atoms with Crippen molar-refractivity contribution in [1.82, 2.24) is 29.5 Å². The molecule has 2 aromatic rings. The molecule has 31 heavy (non-hydrogen) atoms. The van der Waals surface area contributed by atoms with Crippen LogP contribution in [0.4, 0.5) is 0 Å². The highest BCUT2D eigenvalue weighted by Gasteiger charge is 2.34. The summed E-state index contributed by atoms with van der Waals surface area (Å²) in [6, 6.07) is 1.84. The van der Waals surface area contributed by atoms with Gasteiger partial charge in [0, 0.05) is 62.4 Å². The Morgan fingerprint density at radius 3 is 2.77 bits per heavy atom. The zero-order chi connectivity index (χ0) is 21.4. The molecule has 9 nitrogen and oxygen atoms in total. The summed E-state index contributed by atoms with van der Waals surface area (Å²) in [5, 5.41) is 4.13. The van der Waals surface area contributed by atoms with Gasteiger partial charge in [-0.25, -0.2) is 4.98 Å². The van der Waals surface area contributed by atoms with Crippen LogP contribution in [0.15, 0.2) is 23.3 Å². The lowest BCUT2D eigenvalue weighted by Crippen LogP contribution is -2.43. The molecule has 2 fully saturated rings. The second-order valence-electron chi connectivity index (χ2n) is 8.86. The molecule has 1 N–H and O–H groups in total. The average molecular weight is 425 g/mol. The van der Waals surface area contributed by atoms with E-state index >= 15 is 0 Å². The van der Waals surface area contributed by atoms with Crippen molar-refractivity contribution in [3.63, 3.8) is 0 Å². The van der Waals surface area contributed by atoms with Gasteiger partial charge in [-0.05, 0) is 31.7 Å². The van der Waals surface area contributed by atoms with Gasteiger partial charge in [-0.2, -0.15) is 5.10 Å². The lowest BCUT2D eigenvalue weighted by molar-refractivity contribution is -0.139. The number of aromatic nitrogens is 4. The number of amides is 2. The molecular formula is C22H28N6O3. The Morgan fingerprint density at radius 1 is 1.16 bits per heavy atom. The average Bonchev–Trinajstić information content (AvgIpc) is 3.42. The molecule has 0 radical (unpaired) electrons.